The van der Waals surface area contributed by atoms with Gasteiger partial charge in [0.15, 0.2) is 0 Å². The quantitative estimate of drug-likeness (QED) is 0.839. The highest BCUT2D eigenvalue weighted by Crippen LogP contribution is 2.31. The lowest BCUT2D eigenvalue weighted by molar-refractivity contribution is 0.464. The molecule has 0 aliphatic rings. The Hall–Kier alpha value is -1.07. The first-order valence-electron chi connectivity index (χ1n) is 5.33. The Morgan fingerprint density at radius 1 is 1.11 bits per heavy atom. The van der Waals surface area contributed by atoms with Gasteiger partial charge in [-0.05, 0) is 59.1 Å². The van der Waals surface area contributed by atoms with E-state index in [9.17, 15) is 0 Å². The lowest BCUT2D eigenvalue weighted by atomic mass is 10.1. The number of ether oxygens (including phenoxy) is 1. The van der Waals surface area contributed by atoms with Gasteiger partial charge in [0.2, 0.25) is 5.88 Å². The minimum absolute atomic E-state index is 0.416. The van der Waals surface area contributed by atoms with Crippen molar-refractivity contribution in [3.63, 3.8) is 0 Å². The maximum atomic E-state index is 5.85. The van der Waals surface area contributed by atoms with Crippen LogP contribution in [0.4, 0.5) is 5.69 Å². The number of nitrogens with zero attached hydrogens (tertiary/aromatic N) is 1. The van der Waals surface area contributed by atoms with Crippen LogP contribution in [0.1, 0.15) is 11.1 Å². The van der Waals surface area contributed by atoms with Crippen molar-refractivity contribution in [1.82, 2.24) is 4.98 Å². The molecule has 0 saturated carbocycles. The van der Waals surface area contributed by atoms with Gasteiger partial charge in [0.1, 0.15) is 5.75 Å². The van der Waals surface area contributed by atoms with Crippen molar-refractivity contribution < 1.29 is 4.74 Å². The molecule has 3 nitrogen and oxygen atoms in total. The van der Waals surface area contributed by atoms with E-state index in [2.05, 4.69) is 36.8 Å². The van der Waals surface area contributed by atoms with E-state index >= 15 is 0 Å². The van der Waals surface area contributed by atoms with Gasteiger partial charge in [0.25, 0.3) is 0 Å². The molecule has 0 atom stereocenters. The predicted octanol–water partition coefficient (Wildman–Crippen LogP) is 4.60. The summed E-state index contributed by atoms with van der Waals surface area (Å²) in [6.45, 7) is 4.03. The molecule has 0 radical (unpaired) electrons. The van der Waals surface area contributed by atoms with Crippen molar-refractivity contribution in [2.75, 3.05) is 5.73 Å². The predicted molar refractivity (Wildman–Crippen MR) is 80.0 cm³/mol. The van der Waals surface area contributed by atoms with E-state index in [0.29, 0.717) is 11.6 Å². The molecule has 1 heterocycles. The van der Waals surface area contributed by atoms with Gasteiger partial charge in [0, 0.05) is 15.1 Å². The minimum Gasteiger partial charge on any atom is -0.437 e. The summed E-state index contributed by atoms with van der Waals surface area (Å²) in [5.74, 6) is 1.15. The van der Waals surface area contributed by atoms with Crippen LogP contribution in [-0.4, -0.2) is 4.98 Å². The van der Waals surface area contributed by atoms with Crippen molar-refractivity contribution in [2.45, 2.75) is 13.8 Å². The Balaban J connectivity index is 2.34. The number of nitrogen functional groups attached to an aromatic ring is 1. The maximum absolute atomic E-state index is 5.85. The Bertz CT molecular complexity index is 577. The second-order valence-corrected chi connectivity index (χ2v) is 5.73. The highest BCUT2D eigenvalue weighted by Gasteiger charge is 2.07. The largest absolute Gasteiger partial charge is 0.437 e. The third kappa shape index (κ3) is 2.84. The van der Waals surface area contributed by atoms with Crippen LogP contribution in [0.3, 0.4) is 0 Å². The van der Waals surface area contributed by atoms with Gasteiger partial charge in [-0.15, -0.1) is 0 Å². The Morgan fingerprint density at radius 2 is 1.72 bits per heavy atom. The summed E-state index contributed by atoms with van der Waals surface area (Å²) in [6.07, 6.45) is 1.66. The van der Waals surface area contributed by atoms with Crippen LogP contribution in [-0.2, 0) is 0 Å². The van der Waals surface area contributed by atoms with Crippen LogP contribution in [0.25, 0.3) is 0 Å². The fourth-order valence-electron chi connectivity index (χ4n) is 1.60. The van der Waals surface area contributed by atoms with Crippen LogP contribution in [0.2, 0.25) is 0 Å². The number of aryl methyl sites for hydroxylation is 2. The van der Waals surface area contributed by atoms with E-state index in [1.165, 1.54) is 0 Å². The molecule has 0 saturated heterocycles. The van der Waals surface area contributed by atoms with Crippen LogP contribution in [0.5, 0.6) is 11.6 Å². The SMILES string of the molecule is Cc1cc(Oc2ncc(Br)cc2N)cc(C)c1Br. The molecule has 2 rings (SSSR count). The average Bonchev–Trinajstić information content (AvgIpc) is 2.29. The molecule has 1 aromatic heterocycles. The monoisotopic (exact) mass is 370 g/mol. The molecule has 0 spiro atoms. The Labute approximate surface area is 123 Å². The van der Waals surface area contributed by atoms with Gasteiger partial charge in [0.05, 0.1) is 5.69 Å². The third-order valence-electron chi connectivity index (χ3n) is 2.47. The molecule has 2 aromatic rings. The fraction of sp³-hybridized carbons (Fsp3) is 0.154. The summed E-state index contributed by atoms with van der Waals surface area (Å²) in [5, 5.41) is 0. The van der Waals surface area contributed by atoms with Crippen molar-refractivity contribution in [3.8, 4) is 11.6 Å². The van der Waals surface area contributed by atoms with E-state index in [1.54, 1.807) is 12.3 Å². The van der Waals surface area contributed by atoms with Gasteiger partial charge < -0.3 is 10.5 Å². The van der Waals surface area contributed by atoms with Gasteiger partial charge >= 0.3 is 0 Å². The molecule has 0 aliphatic heterocycles. The average molecular weight is 372 g/mol. The van der Waals surface area contributed by atoms with Crippen molar-refractivity contribution >= 4 is 37.5 Å². The van der Waals surface area contributed by atoms with Crippen molar-refractivity contribution in [2.24, 2.45) is 0 Å². The molecule has 2 N–H and O–H groups in total. The molecule has 5 heteroatoms. The van der Waals surface area contributed by atoms with Crippen LogP contribution in [0.15, 0.2) is 33.3 Å². The third-order valence-corrected chi connectivity index (χ3v) is 4.15. The van der Waals surface area contributed by atoms with Gasteiger partial charge in [-0.2, -0.15) is 0 Å². The van der Waals surface area contributed by atoms with E-state index in [4.69, 9.17) is 10.5 Å². The zero-order valence-electron chi connectivity index (χ0n) is 10.00. The summed E-state index contributed by atoms with van der Waals surface area (Å²) < 4.78 is 7.62. The summed E-state index contributed by atoms with van der Waals surface area (Å²) in [7, 11) is 0. The standard InChI is InChI=1S/C13H12Br2N2O/c1-7-3-10(4-8(2)12(7)15)18-13-11(16)5-9(14)6-17-13/h3-6H,16H2,1-2H3. The molecular formula is C13H12Br2N2O. The van der Waals surface area contributed by atoms with Crippen LogP contribution >= 0.6 is 31.9 Å². The van der Waals surface area contributed by atoms with Crippen LogP contribution < -0.4 is 10.5 Å². The molecule has 1 aromatic carbocycles. The molecule has 0 bridgehead atoms. The molecule has 18 heavy (non-hydrogen) atoms. The summed E-state index contributed by atoms with van der Waals surface area (Å²) in [6, 6.07) is 5.65. The number of aromatic nitrogens is 1. The summed E-state index contributed by atoms with van der Waals surface area (Å²) in [4.78, 5) is 4.15. The molecular weight excluding hydrogens is 360 g/mol. The highest BCUT2D eigenvalue weighted by atomic mass is 79.9. The van der Waals surface area contributed by atoms with Gasteiger partial charge in [-0.3, -0.25) is 0 Å². The number of halogens is 2. The zero-order valence-corrected chi connectivity index (χ0v) is 13.2. The number of anilines is 1. The first kappa shape index (κ1) is 13.4. The second kappa shape index (κ2) is 5.28. The van der Waals surface area contributed by atoms with E-state index in [-0.39, 0.29) is 0 Å². The molecule has 94 valence electrons. The Morgan fingerprint density at radius 3 is 2.28 bits per heavy atom. The molecule has 0 amide bonds. The Kier molecular flexibility index (Phi) is 3.92. The first-order chi connectivity index (χ1) is 8.47. The maximum Gasteiger partial charge on any atom is 0.242 e. The summed E-state index contributed by atoms with van der Waals surface area (Å²) in [5.41, 5.74) is 8.57. The number of benzene rings is 1. The fourth-order valence-corrected chi connectivity index (χ4v) is 2.18. The topological polar surface area (TPSA) is 48.1 Å². The molecule has 0 aliphatic carbocycles. The summed E-state index contributed by atoms with van der Waals surface area (Å²) >= 11 is 6.83. The second-order valence-electron chi connectivity index (χ2n) is 4.02. The highest BCUT2D eigenvalue weighted by molar-refractivity contribution is 9.10. The van der Waals surface area contributed by atoms with E-state index in [0.717, 1.165) is 25.8 Å². The lowest BCUT2D eigenvalue weighted by Crippen LogP contribution is -1.96. The number of pyridine rings is 1. The zero-order chi connectivity index (χ0) is 13.3. The van der Waals surface area contributed by atoms with Gasteiger partial charge in [-0.25, -0.2) is 4.98 Å². The van der Waals surface area contributed by atoms with E-state index in [1.807, 2.05) is 26.0 Å². The van der Waals surface area contributed by atoms with Gasteiger partial charge in [-0.1, -0.05) is 15.9 Å². The number of nitrogens with two attached hydrogens (primary N) is 1. The number of hydrogen-bond donors (Lipinski definition) is 1. The van der Waals surface area contributed by atoms with E-state index < -0.39 is 0 Å². The van der Waals surface area contributed by atoms with Crippen LogP contribution in [0, 0.1) is 13.8 Å². The van der Waals surface area contributed by atoms with Crippen molar-refractivity contribution in [1.29, 1.82) is 0 Å². The molecule has 0 unspecified atom stereocenters. The number of rotatable bonds is 2. The minimum atomic E-state index is 0.416. The number of hydrogen-bond acceptors (Lipinski definition) is 3. The van der Waals surface area contributed by atoms with Crippen molar-refractivity contribution in [3.05, 3.63) is 44.5 Å². The molecule has 0 fully saturated rings. The smallest absolute Gasteiger partial charge is 0.242 e. The lowest BCUT2D eigenvalue weighted by Gasteiger charge is -2.10. The first-order valence-corrected chi connectivity index (χ1v) is 6.91. The normalized spacial score (nSPS) is 10.4.